The third-order valence-electron chi connectivity index (χ3n) is 13.9. The maximum atomic E-state index is 5.59. The first-order chi connectivity index (χ1) is 33.2. The lowest BCUT2D eigenvalue weighted by Gasteiger charge is -2.15. The van der Waals surface area contributed by atoms with Crippen molar-refractivity contribution in [3.8, 4) is 50.7 Å². The first-order valence-electron chi connectivity index (χ1n) is 23.0. The molecule has 3 heteroatoms. The predicted octanol–water partition coefficient (Wildman–Crippen LogP) is 17.2. The Balaban J connectivity index is 1.10. The molecule has 0 aliphatic carbocycles. The Morgan fingerprint density at radius 2 is 0.776 bits per heavy atom. The fraction of sp³-hybridized carbons (Fsp3) is 0. The number of aromatic nitrogens is 3. The van der Waals surface area contributed by atoms with Crippen molar-refractivity contribution in [3.05, 3.63) is 237 Å². The number of nitrogens with zero attached hydrogens (tertiary/aromatic N) is 3. The summed E-state index contributed by atoms with van der Waals surface area (Å²) in [5.41, 5.74) is 9.88. The Morgan fingerprint density at radius 3 is 1.57 bits per heavy atom. The standard InChI is InChI=1S/C64H39N3/c1-2-14-40(15-3-1)46-31-33-61-58(36-46)59-37-56-55-35-47(45-29-28-41-16-4-5-19-44(41)34-45)30-32-52(55)50-24-10-11-25-51(50)57(56)38-62(59)67(61)63-39-60(53-26-12-20-42-17-6-8-22-48(42)53)65-64(66-63)54-27-13-21-43-18-7-9-23-49(43)54/h1-39H. The van der Waals surface area contributed by atoms with Gasteiger partial charge in [0.1, 0.15) is 5.82 Å². The number of benzene rings is 12. The van der Waals surface area contributed by atoms with Crippen molar-refractivity contribution in [1.29, 1.82) is 0 Å². The summed E-state index contributed by atoms with van der Waals surface area (Å²) >= 11 is 0. The minimum Gasteiger partial charge on any atom is -0.294 e. The lowest BCUT2D eigenvalue weighted by molar-refractivity contribution is 1.05. The second-order valence-electron chi connectivity index (χ2n) is 17.7. The Labute approximate surface area is 386 Å². The fourth-order valence-electron chi connectivity index (χ4n) is 10.7. The molecule has 3 nitrogen and oxygen atoms in total. The van der Waals surface area contributed by atoms with Crippen molar-refractivity contribution in [2.45, 2.75) is 0 Å². The van der Waals surface area contributed by atoms with Gasteiger partial charge in [-0.1, -0.05) is 194 Å². The van der Waals surface area contributed by atoms with Gasteiger partial charge in [0.25, 0.3) is 0 Å². The van der Waals surface area contributed by atoms with Crippen LogP contribution in [0.25, 0.3) is 137 Å². The van der Waals surface area contributed by atoms with Gasteiger partial charge in [-0.15, -0.1) is 0 Å². The molecule has 14 rings (SSSR count). The zero-order chi connectivity index (χ0) is 44.0. The average molecular weight is 850 g/mol. The summed E-state index contributed by atoms with van der Waals surface area (Å²) < 4.78 is 2.38. The van der Waals surface area contributed by atoms with E-state index < -0.39 is 0 Å². The van der Waals surface area contributed by atoms with Gasteiger partial charge in [-0.3, -0.25) is 4.57 Å². The first kappa shape index (κ1) is 37.5. The van der Waals surface area contributed by atoms with Gasteiger partial charge in [-0.2, -0.15) is 0 Å². The van der Waals surface area contributed by atoms with Crippen molar-refractivity contribution >= 4 is 86.4 Å². The molecule has 0 unspecified atom stereocenters. The molecule has 0 saturated carbocycles. The van der Waals surface area contributed by atoms with Crippen LogP contribution in [0.3, 0.4) is 0 Å². The molecule has 2 aromatic heterocycles. The summed E-state index contributed by atoms with van der Waals surface area (Å²) in [6, 6.07) is 86.1. The van der Waals surface area contributed by atoms with Crippen molar-refractivity contribution < 1.29 is 0 Å². The van der Waals surface area contributed by atoms with E-state index >= 15 is 0 Å². The molecular formula is C64H39N3. The maximum Gasteiger partial charge on any atom is 0.162 e. The van der Waals surface area contributed by atoms with Crippen LogP contribution in [0.5, 0.6) is 0 Å². The highest BCUT2D eigenvalue weighted by Gasteiger charge is 2.21. The van der Waals surface area contributed by atoms with Crippen molar-refractivity contribution in [2.24, 2.45) is 0 Å². The van der Waals surface area contributed by atoms with E-state index in [2.05, 4.69) is 241 Å². The Bertz CT molecular complexity index is 4230. The van der Waals surface area contributed by atoms with Crippen LogP contribution in [0.15, 0.2) is 237 Å². The monoisotopic (exact) mass is 849 g/mol. The van der Waals surface area contributed by atoms with E-state index in [-0.39, 0.29) is 0 Å². The molecular weight excluding hydrogens is 811 g/mol. The topological polar surface area (TPSA) is 30.7 Å². The minimum absolute atomic E-state index is 0.687. The van der Waals surface area contributed by atoms with Crippen LogP contribution >= 0.6 is 0 Å². The van der Waals surface area contributed by atoms with Gasteiger partial charge in [0.05, 0.1) is 16.7 Å². The van der Waals surface area contributed by atoms with E-state index in [4.69, 9.17) is 9.97 Å². The summed E-state index contributed by atoms with van der Waals surface area (Å²) in [5, 5.41) is 16.8. The molecule has 67 heavy (non-hydrogen) atoms. The Morgan fingerprint density at radius 1 is 0.254 bits per heavy atom. The number of hydrogen-bond donors (Lipinski definition) is 0. The van der Waals surface area contributed by atoms with Crippen LogP contribution in [0, 0.1) is 0 Å². The zero-order valence-corrected chi connectivity index (χ0v) is 36.4. The van der Waals surface area contributed by atoms with E-state index in [1.807, 2.05) is 0 Å². The molecule has 0 saturated heterocycles. The predicted molar refractivity (Wildman–Crippen MR) is 283 cm³/mol. The molecule has 0 amide bonds. The van der Waals surface area contributed by atoms with Crippen molar-refractivity contribution in [1.82, 2.24) is 14.5 Å². The molecule has 2 heterocycles. The molecule has 0 radical (unpaired) electrons. The molecule has 0 aliphatic heterocycles. The molecule has 0 spiro atoms. The van der Waals surface area contributed by atoms with E-state index in [0.29, 0.717) is 5.82 Å². The summed E-state index contributed by atoms with van der Waals surface area (Å²) in [7, 11) is 0. The van der Waals surface area contributed by atoms with Crippen LogP contribution in [-0.2, 0) is 0 Å². The molecule has 14 aromatic rings. The third-order valence-corrected chi connectivity index (χ3v) is 13.9. The van der Waals surface area contributed by atoms with Crippen LogP contribution in [0.2, 0.25) is 0 Å². The van der Waals surface area contributed by atoms with E-state index in [0.717, 1.165) is 49.8 Å². The fourth-order valence-corrected chi connectivity index (χ4v) is 10.7. The molecule has 0 atom stereocenters. The van der Waals surface area contributed by atoms with Gasteiger partial charge in [0, 0.05) is 28.0 Å². The van der Waals surface area contributed by atoms with Crippen LogP contribution in [0.4, 0.5) is 0 Å². The highest BCUT2D eigenvalue weighted by atomic mass is 15.1. The van der Waals surface area contributed by atoms with Crippen LogP contribution in [0.1, 0.15) is 0 Å². The lowest BCUT2D eigenvalue weighted by Crippen LogP contribution is -2.03. The minimum atomic E-state index is 0.687. The lowest BCUT2D eigenvalue weighted by atomic mass is 9.90. The molecule has 310 valence electrons. The van der Waals surface area contributed by atoms with Gasteiger partial charge in [0.15, 0.2) is 5.82 Å². The summed E-state index contributed by atoms with van der Waals surface area (Å²) in [6.07, 6.45) is 0. The second kappa shape index (κ2) is 14.8. The Kier molecular flexibility index (Phi) is 8.28. The van der Waals surface area contributed by atoms with Gasteiger partial charge < -0.3 is 0 Å². The highest BCUT2D eigenvalue weighted by molar-refractivity contribution is 6.29. The SMILES string of the molecule is c1ccc(-c2ccc3c(c2)c2cc4c5cc(-c6ccc7ccccc7c6)ccc5c5ccccc5c4cc2n3-c2cc(-c3cccc4ccccc34)nc(-c3cccc4ccccc34)n2)cc1. The largest absolute Gasteiger partial charge is 0.294 e. The van der Waals surface area contributed by atoms with E-state index in [9.17, 15) is 0 Å². The number of fused-ring (bicyclic) bond motifs is 12. The van der Waals surface area contributed by atoms with Crippen LogP contribution < -0.4 is 0 Å². The molecule has 0 fully saturated rings. The molecule has 0 aliphatic rings. The van der Waals surface area contributed by atoms with Gasteiger partial charge in [0.2, 0.25) is 0 Å². The van der Waals surface area contributed by atoms with E-state index in [1.54, 1.807) is 0 Å². The maximum absolute atomic E-state index is 5.59. The summed E-state index contributed by atoms with van der Waals surface area (Å²) in [5.74, 6) is 1.50. The third kappa shape index (κ3) is 5.99. The summed E-state index contributed by atoms with van der Waals surface area (Å²) in [6.45, 7) is 0. The van der Waals surface area contributed by atoms with Crippen molar-refractivity contribution in [2.75, 3.05) is 0 Å². The molecule has 0 N–H and O–H groups in total. The van der Waals surface area contributed by atoms with Crippen LogP contribution in [-0.4, -0.2) is 14.5 Å². The van der Waals surface area contributed by atoms with Crippen molar-refractivity contribution in [3.63, 3.8) is 0 Å². The number of rotatable bonds is 5. The normalized spacial score (nSPS) is 11.9. The second-order valence-corrected chi connectivity index (χ2v) is 17.7. The smallest absolute Gasteiger partial charge is 0.162 e. The van der Waals surface area contributed by atoms with Gasteiger partial charge in [-0.05, 0) is 123 Å². The summed E-state index contributed by atoms with van der Waals surface area (Å²) in [4.78, 5) is 11.0. The quantitative estimate of drug-likeness (QED) is 0.162. The highest BCUT2D eigenvalue weighted by Crippen LogP contribution is 2.44. The Hall–Kier alpha value is -8.92. The van der Waals surface area contributed by atoms with E-state index in [1.165, 1.54) is 81.5 Å². The van der Waals surface area contributed by atoms with Gasteiger partial charge in [-0.25, -0.2) is 9.97 Å². The zero-order valence-electron chi connectivity index (χ0n) is 36.4. The molecule has 12 aromatic carbocycles. The number of hydrogen-bond acceptors (Lipinski definition) is 2. The molecule has 0 bridgehead atoms. The average Bonchev–Trinajstić information content (AvgIpc) is 3.72. The van der Waals surface area contributed by atoms with Gasteiger partial charge >= 0.3 is 0 Å². The first-order valence-corrected chi connectivity index (χ1v) is 23.0.